The van der Waals surface area contributed by atoms with Crippen molar-refractivity contribution in [2.75, 3.05) is 24.8 Å². The predicted molar refractivity (Wildman–Crippen MR) is 103 cm³/mol. The van der Waals surface area contributed by atoms with E-state index in [1.807, 2.05) is 30.5 Å². The van der Waals surface area contributed by atoms with E-state index >= 15 is 0 Å². The summed E-state index contributed by atoms with van der Waals surface area (Å²) in [5, 5.41) is 0. The lowest BCUT2D eigenvalue weighted by Gasteiger charge is -2.26. The lowest BCUT2D eigenvalue weighted by molar-refractivity contribution is -0.155. The lowest BCUT2D eigenvalue weighted by atomic mass is 10.2. The molecule has 2 atom stereocenters. The third-order valence-electron chi connectivity index (χ3n) is 4.27. The zero-order valence-electron chi connectivity index (χ0n) is 15.0. The van der Waals surface area contributed by atoms with Crippen LogP contribution in [0.5, 0.6) is 0 Å². The van der Waals surface area contributed by atoms with Gasteiger partial charge in [0.25, 0.3) is 5.91 Å². The Labute approximate surface area is 158 Å². The minimum absolute atomic E-state index is 0.0398. The number of rotatable bonds is 6. The van der Waals surface area contributed by atoms with Crippen molar-refractivity contribution in [1.29, 1.82) is 0 Å². The Bertz CT molecular complexity index is 786. The molecule has 0 aliphatic carbocycles. The average molecular weight is 398 g/mol. The second-order valence-corrected chi connectivity index (χ2v) is 9.30. The van der Waals surface area contributed by atoms with Crippen LogP contribution in [0.4, 0.5) is 0 Å². The molecule has 0 N–H and O–H groups in total. The largest absolute Gasteiger partial charge is 0.449 e. The van der Waals surface area contributed by atoms with Gasteiger partial charge in [-0.15, -0.1) is 11.8 Å². The Morgan fingerprint density at radius 3 is 2.50 bits per heavy atom. The maximum absolute atomic E-state index is 12.3. The first-order valence-electron chi connectivity index (χ1n) is 8.21. The van der Waals surface area contributed by atoms with Crippen molar-refractivity contribution < 1.29 is 22.7 Å². The fourth-order valence-electron chi connectivity index (χ4n) is 2.69. The van der Waals surface area contributed by atoms with Gasteiger partial charge in [-0.25, -0.2) is 13.2 Å². The second-order valence-electron chi connectivity index (χ2n) is 6.19. The van der Waals surface area contributed by atoms with Crippen LogP contribution < -0.4 is 0 Å². The molecule has 0 bridgehead atoms. The highest BCUT2D eigenvalue weighted by Gasteiger charge is 2.34. The molecule has 1 aliphatic heterocycles. The van der Waals surface area contributed by atoms with Crippen molar-refractivity contribution in [3.8, 4) is 0 Å². The van der Waals surface area contributed by atoms with E-state index in [1.54, 1.807) is 24.9 Å². The fourth-order valence-corrected chi connectivity index (χ4v) is 4.87. The average Bonchev–Trinajstić information content (AvgIpc) is 2.98. The molecule has 1 aromatic carbocycles. The highest BCUT2D eigenvalue weighted by molar-refractivity contribution is 7.98. The quantitative estimate of drug-likeness (QED) is 0.415. The van der Waals surface area contributed by atoms with Crippen molar-refractivity contribution in [3.05, 3.63) is 35.9 Å². The molecule has 2 rings (SSSR count). The number of nitrogens with zero attached hydrogens (tertiary/aromatic N) is 1. The number of amides is 1. The molecule has 8 heteroatoms. The standard InChI is InChI=1S/C18H23NO5S2/c1-13(18(21)19(2)15-10-11-26(22,23)12-15)24-17(20)9-6-14-4-7-16(25-3)8-5-14/h4-9,13,15H,10-12H2,1-3H3/b9-6+/t13-,15+/m1/s1. The number of benzene rings is 1. The summed E-state index contributed by atoms with van der Waals surface area (Å²) in [6.07, 6.45) is 4.32. The van der Waals surface area contributed by atoms with Gasteiger partial charge >= 0.3 is 5.97 Å². The molecule has 1 amide bonds. The van der Waals surface area contributed by atoms with E-state index in [1.165, 1.54) is 17.9 Å². The molecule has 0 unspecified atom stereocenters. The number of esters is 1. The van der Waals surface area contributed by atoms with Crippen LogP contribution in [0.2, 0.25) is 0 Å². The van der Waals surface area contributed by atoms with Crippen LogP contribution in [0.1, 0.15) is 18.9 Å². The maximum atomic E-state index is 12.3. The molecule has 1 aromatic rings. The van der Waals surface area contributed by atoms with Crippen molar-refractivity contribution in [1.82, 2.24) is 4.90 Å². The fraction of sp³-hybridized carbons (Fsp3) is 0.444. The first kappa shape index (κ1) is 20.5. The van der Waals surface area contributed by atoms with E-state index in [2.05, 4.69) is 0 Å². The number of sulfone groups is 1. The summed E-state index contributed by atoms with van der Waals surface area (Å²) in [5.41, 5.74) is 0.854. The zero-order chi connectivity index (χ0) is 19.3. The van der Waals surface area contributed by atoms with Gasteiger partial charge in [0.2, 0.25) is 0 Å². The van der Waals surface area contributed by atoms with Crippen molar-refractivity contribution in [2.24, 2.45) is 0 Å². The first-order valence-corrected chi connectivity index (χ1v) is 11.3. The minimum Gasteiger partial charge on any atom is -0.449 e. The van der Waals surface area contributed by atoms with E-state index in [0.717, 1.165) is 10.5 Å². The number of thioether (sulfide) groups is 1. The molecule has 0 spiro atoms. The van der Waals surface area contributed by atoms with Gasteiger partial charge in [0.1, 0.15) is 0 Å². The van der Waals surface area contributed by atoms with Crippen LogP contribution in [0, 0.1) is 0 Å². The number of hydrogen-bond acceptors (Lipinski definition) is 6. The summed E-state index contributed by atoms with van der Waals surface area (Å²) in [4.78, 5) is 26.8. The molecular weight excluding hydrogens is 374 g/mol. The molecule has 1 aliphatic rings. The maximum Gasteiger partial charge on any atom is 0.331 e. The van der Waals surface area contributed by atoms with Crippen LogP contribution >= 0.6 is 11.8 Å². The van der Waals surface area contributed by atoms with Gasteiger partial charge in [-0.05, 0) is 43.4 Å². The van der Waals surface area contributed by atoms with E-state index < -0.39 is 27.8 Å². The SMILES string of the molecule is CSc1ccc(/C=C/C(=O)O[C@H](C)C(=O)N(C)[C@H]2CCS(=O)(=O)C2)cc1. The zero-order valence-corrected chi connectivity index (χ0v) is 16.7. The van der Waals surface area contributed by atoms with Crippen molar-refractivity contribution in [2.45, 2.75) is 30.4 Å². The normalized spacial score (nSPS) is 20.0. The smallest absolute Gasteiger partial charge is 0.331 e. The molecule has 6 nitrogen and oxygen atoms in total. The van der Waals surface area contributed by atoms with Gasteiger partial charge in [-0.3, -0.25) is 4.79 Å². The highest BCUT2D eigenvalue weighted by atomic mass is 32.2. The predicted octanol–water partition coefficient (Wildman–Crippen LogP) is 2.00. The summed E-state index contributed by atoms with van der Waals surface area (Å²) in [7, 11) is -1.54. The summed E-state index contributed by atoms with van der Waals surface area (Å²) < 4.78 is 28.2. The lowest BCUT2D eigenvalue weighted by Crippen LogP contribution is -2.44. The minimum atomic E-state index is -3.08. The number of hydrogen-bond donors (Lipinski definition) is 0. The summed E-state index contributed by atoms with van der Waals surface area (Å²) >= 11 is 1.63. The van der Waals surface area contributed by atoms with Crippen molar-refractivity contribution >= 4 is 39.6 Å². The molecule has 26 heavy (non-hydrogen) atoms. The third-order valence-corrected chi connectivity index (χ3v) is 6.77. The van der Waals surface area contributed by atoms with Crippen LogP contribution in [-0.4, -0.2) is 62.1 Å². The molecule has 1 fully saturated rings. The van der Waals surface area contributed by atoms with Crippen LogP contribution in [0.25, 0.3) is 6.08 Å². The Balaban J connectivity index is 1.89. The summed E-state index contributed by atoms with van der Waals surface area (Å²) in [6.45, 7) is 1.49. The van der Waals surface area contributed by atoms with Gasteiger partial charge in [0, 0.05) is 24.1 Å². The van der Waals surface area contributed by atoms with Crippen molar-refractivity contribution in [3.63, 3.8) is 0 Å². The molecule has 1 saturated heterocycles. The van der Waals surface area contributed by atoms with Gasteiger partial charge in [-0.2, -0.15) is 0 Å². The molecular formula is C18H23NO5S2. The second kappa shape index (κ2) is 8.73. The summed E-state index contributed by atoms with van der Waals surface area (Å²) in [6, 6.07) is 7.31. The number of carbonyl (C=O) groups excluding carboxylic acids is 2. The molecule has 142 valence electrons. The Morgan fingerprint density at radius 1 is 1.31 bits per heavy atom. The first-order chi connectivity index (χ1) is 12.2. The topological polar surface area (TPSA) is 80.8 Å². The van der Waals surface area contributed by atoms with E-state index in [-0.39, 0.29) is 17.5 Å². The molecule has 0 aromatic heterocycles. The monoisotopic (exact) mass is 397 g/mol. The van der Waals surface area contributed by atoms with Crippen LogP contribution in [0.3, 0.4) is 0 Å². The highest BCUT2D eigenvalue weighted by Crippen LogP contribution is 2.18. The Hall–Kier alpha value is -1.80. The number of carbonyl (C=O) groups is 2. The van der Waals surface area contributed by atoms with Gasteiger partial charge < -0.3 is 9.64 Å². The van der Waals surface area contributed by atoms with E-state index in [4.69, 9.17) is 4.74 Å². The van der Waals surface area contributed by atoms with Gasteiger partial charge in [-0.1, -0.05) is 12.1 Å². The molecule has 0 saturated carbocycles. The van der Waals surface area contributed by atoms with Gasteiger partial charge in [0.05, 0.1) is 11.5 Å². The van der Waals surface area contributed by atoms with Gasteiger partial charge in [0.15, 0.2) is 15.9 Å². The van der Waals surface area contributed by atoms with Crippen LogP contribution in [0.15, 0.2) is 35.2 Å². The Kier molecular flexibility index (Phi) is 6.88. The van der Waals surface area contributed by atoms with Crippen LogP contribution in [-0.2, 0) is 24.2 Å². The Morgan fingerprint density at radius 2 is 1.96 bits per heavy atom. The third kappa shape index (κ3) is 5.60. The van der Waals surface area contributed by atoms with E-state index in [9.17, 15) is 18.0 Å². The number of ether oxygens (including phenoxy) is 1. The molecule has 0 radical (unpaired) electrons. The summed E-state index contributed by atoms with van der Waals surface area (Å²) in [5.74, 6) is -0.978. The molecule has 1 heterocycles. The van der Waals surface area contributed by atoms with E-state index in [0.29, 0.717) is 6.42 Å². The number of likely N-dealkylation sites (N-methyl/N-ethyl adjacent to an activating group) is 1.